The molecule has 5 aromatic carbocycles. The second-order valence-electron chi connectivity index (χ2n) is 11.6. The molecule has 0 heterocycles. The van der Waals surface area contributed by atoms with Crippen molar-refractivity contribution in [2.75, 3.05) is 4.90 Å². The van der Waals surface area contributed by atoms with Gasteiger partial charge in [-0.15, -0.1) is 0 Å². The van der Waals surface area contributed by atoms with Crippen LogP contribution in [-0.2, 0) is 9.59 Å². The zero-order valence-electron chi connectivity index (χ0n) is 28.0. The Kier molecular flexibility index (Phi) is 11.2. The number of hydrogen-bond donors (Lipinski definition) is 2. The van der Waals surface area contributed by atoms with Gasteiger partial charge in [-0.3, -0.25) is 9.59 Å². The second-order valence-corrected chi connectivity index (χ2v) is 11.6. The zero-order valence-corrected chi connectivity index (χ0v) is 28.0. The maximum atomic E-state index is 11.1. The van der Waals surface area contributed by atoms with Crippen molar-refractivity contribution in [3.63, 3.8) is 0 Å². The summed E-state index contributed by atoms with van der Waals surface area (Å²) >= 11 is 0. The highest BCUT2D eigenvalue weighted by molar-refractivity contribution is 5.94. The molecule has 0 saturated carbocycles. The van der Waals surface area contributed by atoms with Gasteiger partial charge in [-0.25, -0.2) is 9.69 Å². The molecule has 51 heavy (non-hydrogen) atoms. The van der Waals surface area contributed by atoms with Crippen molar-refractivity contribution < 1.29 is 19.8 Å². The summed E-state index contributed by atoms with van der Waals surface area (Å²) in [6.45, 7) is 18.3. The molecule has 0 amide bonds. The van der Waals surface area contributed by atoms with Gasteiger partial charge < -0.3 is 15.1 Å². The number of hydrogen-bond acceptors (Lipinski definition) is 3. The van der Waals surface area contributed by atoms with E-state index in [1.165, 1.54) is 23.3 Å². The Morgan fingerprint density at radius 1 is 0.529 bits per heavy atom. The van der Waals surface area contributed by atoms with Gasteiger partial charge in [0.15, 0.2) is 0 Å². The Morgan fingerprint density at radius 3 is 1.20 bits per heavy atom. The van der Waals surface area contributed by atoms with Crippen molar-refractivity contribution in [3.8, 4) is 0 Å². The minimum Gasteiger partial charge on any atom is -0.486 e. The zero-order chi connectivity index (χ0) is 36.3. The topological polar surface area (TPSA) is 86.6 Å². The highest BCUT2D eigenvalue weighted by atomic mass is 16.4. The average molecular weight is 668 g/mol. The molecule has 7 heteroatoms. The van der Waals surface area contributed by atoms with Crippen LogP contribution in [0.15, 0.2) is 127 Å². The number of aryl methyl sites for hydroxylation is 1. The first kappa shape index (κ1) is 35.1. The lowest BCUT2D eigenvalue weighted by Gasteiger charge is -2.28. The predicted octanol–water partition coefficient (Wildman–Crippen LogP) is 10.8. The standard InChI is InChI=1S/C44H33N3O4/c1-30-6-5-7-42(31(30)2)47(38-24-20-34(21-25-38)10-8-32-12-16-36(17-13-32)28-40(45-3)43(48)49)39-26-22-35(23-27-39)11-9-33-14-18-37(19-15-33)29-41(46-4)44(50)51/h5-29H,1-2H3,(H,48,49)(H,50,51)/b10-8+,11-9+,40-28-,41-29-. The molecule has 0 aliphatic rings. The summed E-state index contributed by atoms with van der Waals surface area (Å²) in [5, 5.41) is 18.2. The first-order chi connectivity index (χ1) is 24.6. The summed E-state index contributed by atoms with van der Waals surface area (Å²) in [5.41, 5.74) is 10.0. The lowest BCUT2D eigenvalue weighted by Crippen LogP contribution is -2.11. The van der Waals surface area contributed by atoms with E-state index >= 15 is 0 Å². The summed E-state index contributed by atoms with van der Waals surface area (Å²) in [6.07, 6.45) is 10.7. The first-order valence-corrected chi connectivity index (χ1v) is 15.9. The predicted molar refractivity (Wildman–Crippen MR) is 206 cm³/mol. The molecule has 0 fully saturated rings. The van der Waals surface area contributed by atoms with Crippen LogP contribution >= 0.6 is 0 Å². The molecular formula is C44H33N3O4. The van der Waals surface area contributed by atoms with E-state index in [9.17, 15) is 9.59 Å². The van der Waals surface area contributed by atoms with Gasteiger partial charge in [-0.05, 0) is 101 Å². The van der Waals surface area contributed by atoms with E-state index in [0.717, 1.165) is 39.3 Å². The van der Waals surface area contributed by atoms with Crippen LogP contribution in [0.1, 0.15) is 44.5 Å². The lowest BCUT2D eigenvalue weighted by molar-refractivity contribution is -0.133. The molecule has 0 aliphatic heterocycles. The van der Waals surface area contributed by atoms with Crippen molar-refractivity contribution in [3.05, 3.63) is 194 Å². The van der Waals surface area contributed by atoms with Crippen LogP contribution in [0.4, 0.5) is 17.1 Å². The van der Waals surface area contributed by atoms with E-state index in [-0.39, 0.29) is 11.4 Å². The molecule has 0 bridgehead atoms. The summed E-state index contributed by atoms with van der Waals surface area (Å²) in [4.78, 5) is 30.6. The molecule has 0 atom stereocenters. The molecule has 0 spiro atoms. The van der Waals surface area contributed by atoms with E-state index in [1.54, 1.807) is 24.3 Å². The monoisotopic (exact) mass is 667 g/mol. The third-order valence-electron chi connectivity index (χ3n) is 8.21. The van der Waals surface area contributed by atoms with Crippen molar-refractivity contribution in [1.82, 2.24) is 0 Å². The lowest BCUT2D eigenvalue weighted by atomic mass is 10.0. The molecule has 0 aliphatic carbocycles. The molecule has 0 radical (unpaired) electrons. The third-order valence-corrected chi connectivity index (χ3v) is 8.21. The van der Waals surface area contributed by atoms with Crippen molar-refractivity contribution in [2.24, 2.45) is 0 Å². The normalized spacial score (nSPS) is 11.7. The van der Waals surface area contributed by atoms with Crippen molar-refractivity contribution in [2.45, 2.75) is 13.8 Å². The summed E-state index contributed by atoms with van der Waals surface area (Å²) in [5.74, 6) is -2.49. The van der Waals surface area contributed by atoms with Crippen molar-refractivity contribution in [1.29, 1.82) is 0 Å². The van der Waals surface area contributed by atoms with Crippen LogP contribution in [0, 0.1) is 27.0 Å². The SMILES string of the molecule is [C-]#[N+]/C(=C\c1ccc(/C=C/c2ccc(N(c3ccc(/C=C/c4ccc(/C=C(\[N+]#[C-])C(=O)O)cc4)cc3)c3cccc(C)c3C)cc2)cc1)C(=O)O. The number of aliphatic carboxylic acids is 2. The molecule has 7 nitrogen and oxygen atoms in total. The third kappa shape index (κ3) is 9.03. The number of rotatable bonds is 11. The van der Waals surface area contributed by atoms with Crippen LogP contribution in [0.3, 0.4) is 0 Å². The Hall–Kier alpha value is -7.22. The number of carboxylic acid groups (broad SMARTS) is 2. The maximum absolute atomic E-state index is 11.1. The number of nitrogens with zero attached hydrogens (tertiary/aromatic N) is 3. The van der Waals surface area contributed by atoms with Crippen molar-refractivity contribution >= 4 is 65.5 Å². The Morgan fingerprint density at radius 2 is 0.863 bits per heavy atom. The molecule has 0 aromatic heterocycles. The number of anilines is 3. The van der Waals surface area contributed by atoms with E-state index in [4.69, 9.17) is 23.4 Å². The van der Waals surface area contributed by atoms with Crippen LogP contribution < -0.4 is 4.90 Å². The van der Waals surface area contributed by atoms with E-state index in [2.05, 4.69) is 95.2 Å². The highest BCUT2D eigenvalue weighted by Gasteiger charge is 2.15. The van der Waals surface area contributed by atoms with Gasteiger partial charge in [0.25, 0.3) is 11.4 Å². The minimum absolute atomic E-state index is 0.326. The fraction of sp³-hybridized carbons (Fsp3) is 0.0455. The van der Waals surface area contributed by atoms with Gasteiger partial charge >= 0.3 is 11.9 Å². The van der Waals surface area contributed by atoms with Crippen LogP contribution in [-0.4, -0.2) is 22.2 Å². The van der Waals surface area contributed by atoms with Gasteiger partial charge in [-0.1, -0.05) is 109 Å². The summed E-state index contributed by atoms with van der Waals surface area (Å²) in [6, 6.07) is 37.6. The molecule has 0 saturated heterocycles. The van der Waals surface area contributed by atoms with Gasteiger partial charge in [0, 0.05) is 17.1 Å². The van der Waals surface area contributed by atoms with Gasteiger partial charge in [-0.2, -0.15) is 0 Å². The summed E-state index contributed by atoms with van der Waals surface area (Å²) in [7, 11) is 0. The molecule has 248 valence electrons. The Labute approximate surface area is 297 Å². The van der Waals surface area contributed by atoms with E-state index < -0.39 is 11.9 Å². The quantitative estimate of drug-likeness (QED) is 0.0832. The smallest absolute Gasteiger partial charge is 0.333 e. The number of benzene rings is 5. The highest BCUT2D eigenvalue weighted by Crippen LogP contribution is 2.37. The molecular weight excluding hydrogens is 635 g/mol. The first-order valence-electron chi connectivity index (χ1n) is 15.9. The van der Waals surface area contributed by atoms with Gasteiger partial charge in [0.2, 0.25) is 0 Å². The van der Waals surface area contributed by atoms with E-state index in [1.807, 2.05) is 48.6 Å². The molecule has 2 N–H and O–H groups in total. The Bertz CT molecular complexity index is 2130. The average Bonchev–Trinajstić information content (AvgIpc) is 3.14. The fourth-order valence-corrected chi connectivity index (χ4v) is 5.27. The largest absolute Gasteiger partial charge is 0.486 e. The van der Waals surface area contributed by atoms with Crippen LogP contribution in [0.5, 0.6) is 0 Å². The van der Waals surface area contributed by atoms with Gasteiger partial charge in [0.05, 0.1) is 13.1 Å². The minimum atomic E-state index is -1.24. The fourth-order valence-electron chi connectivity index (χ4n) is 5.27. The van der Waals surface area contributed by atoms with Crippen LogP contribution in [0.25, 0.3) is 46.1 Å². The molecule has 5 aromatic rings. The summed E-state index contributed by atoms with van der Waals surface area (Å²) < 4.78 is 0. The van der Waals surface area contributed by atoms with E-state index in [0.29, 0.717) is 11.1 Å². The Balaban J connectivity index is 1.35. The number of carboxylic acids is 2. The second kappa shape index (κ2) is 16.3. The molecule has 0 unspecified atom stereocenters. The number of carbonyl (C=O) groups is 2. The van der Waals surface area contributed by atoms with Gasteiger partial charge in [0.1, 0.15) is 0 Å². The van der Waals surface area contributed by atoms with Crippen LogP contribution in [0.2, 0.25) is 0 Å². The maximum Gasteiger partial charge on any atom is 0.333 e. The molecule has 5 rings (SSSR count).